The fourth-order valence-electron chi connectivity index (χ4n) is 2.09. The van der Waals surface area contributed by atoms with Gasteiger partial charge in [0, 0.05) is 22.3 Å². The third-order valence-electron chi connectivity index (χ3n) is 3.11. The van der Waals surface area contributed by atoms with Crippen molar-refractivity contribution in [2.24, 2.45) is 5.73 Å². The molecule has 1 unspecified atom stereocenters. The zero-order valence-corrected chi connectivity index (χ0v) is 14.9. The highest BCUT2D eigenvalue weighted by molar-refractivity contribution is 9.10. The van der Waals surface area contributed by atoms with Crippen molar-refractivity contribution in [1.29, 1.82) is 0 Å². The van der Waals surface area contributed by atoms with E-state index in [0.29, 0.717) is 21.3 Å². The highest BCUT2D eigenvalue weighted by atomic mass is 79.9. The molecule has 1 aromatic carbocycles. The predicted octanol–water partition coefficient (Wildman–Crippen LogP) is 3.49. The predicted molar refractivity (Wildman–Crippen MR) is 92.1 cm³/mol. The molecule has 0 saturated carbocycles. The Bertz CT molecular complexity index is 787. The summed E-state index contributed by atoms with van der Waals surface area (Å²) in [7, 11) is 0. The molecule has 126 valence electrons. The number of aromatic nitrogens is 1. The van der Waals surface area contributed by atoms with Crippen molar-refractivity contribution in [3.8, 4) is 11.8 Å². The van der Waals surface area contributed by atoms with Crippen LogP contribution >= 0.6 is 15.9 Å². The van der Waals surface area contributed by atoms with Crippen LogP contribution in [0.15, 0.2) is 34.9 Å². The number of benzene rings is 1. The average Bonchev–Trinajstić information content (AvgIpc) is 2.43. The lowest BCUT2D eigenvalue weighted by atomic mass is 10.0. The minimum Gasteiger partial charge on any atom is -0.378 e. The number of pyridine rings is 1. The SMILES string of the molecule is CC(C)(O)C#Cc1cnc(C(N)Cc2cc(F)cc(F)c2)c(Br)c1. The van der Waals surface area contributed by atoms with Gasteiger partial charge in [-0.3, -0.25) is 4.98 Å². The second-order valence-corrected chi connectivity index (χ2v) is 6.84. The van der Waals surface area contributed by atoms with Gasteiger partial charge in [0.05, 0.1) is 11.7 Å². The van der Waals surface area contributed by atoms with E-state index in [9.17, 15) is 13.9 Å². The van der Waals surface area contributed by atoms with Crippen LogP contribution in [-0.4, -0.2) is 15.7 Å². The molecule has 24 heavy (non-hydrogen) atoms. The summed E-state index contributed by atoms with van der Waals surface area (Å²) in [4.78, 5) is 4.28. The first kappa shape index (κ1) is 18.5. The number of hydrogen-bond donors (Lipinski definition) is 2. The molecule has 1 aromatic heterocycles. The molecule has 0 aliphatic heterocycles. The molecule has 2 aromatic rings. The molecule has 0 bridgehead atoms. The minimum atomic E-state index is -1.09. The largest absolute Gasteiger partial charge is 0.378 e. The fourth-order valence-corrected chi connectivity index (χ4v) is 2.74. The number of hydrogen-bond acceptors (Lipinski definition) is 3. The standard InChI is InChI=1S/C18H17BrF2N2O/c1-18(2,24)4-3-11-7-15(19)17(23-10-11)16(22)8-12-5-13(20)9-14(21)6-12/h5-7,9-10,16,24H,8,22H2,1-2H3. The number of nitrogens with two attached hydrogens (primary N) is 1. The molecule has 0 fully saturated rings. The van der Waals surface area contributed by atoms with Crippen LogP contribution in [0.4, 0.5) is 8.78 Å². The molecule has 0 amide bonds. The summed E-state index contributed by atoms with van der Waals surface area (Å²) in [6, 6.07) is 4.53. The molecule has 1 heterocycles. The van der Waals surface area contributed by atoms with Gasteiger partial charge in [-0.1, -0.05) is 11.8 Å². The number of rotatable bonds is 3. The quantitative estimate of drug-likeness (QED) is 0.783. The van der Waals surface area contributed by atoms with E-state index in [1.54, 1.807) is 26.1 Å². The summed E-state index contributed by atoms with van der Waals surface area (Å²) >= 11 is 3.39. The molecule has 6 heteroatoms. The number of nitrogens with zero attached hydrogens (tertiary/aromatic N) is 1. The van der Waals surface area contributed by atoms with Gasteiger partial charge in [-0.15, -0.1) is 0 Å². The third-order valence-corrected chi connectivity index (χ3v) is 3.75. The van der Waals surface area contributed by atoms with Crippen molar-refractivity contribution in [3.05, 3.63) is 63.4 Å². The van der Waals surface area contributed by atoms with Crippen molar-refractivity contribution in [1.82, 2.24) is 4.98 Å². The first-order chi connectivity index (χ1) is 11.1. The Morgan fingerprint density at radius 2 is 1.88 bits per heavy atom. The molecular weight excluding hydrogens is 378 g/mol. The van der Waals surface area contributed by atoms with Crippen molar-refractivity contribution in [2.45, 2.75) is 31.9 Å². The van der Waals surface area contributed by atoms with Crippen LogP contribution in [-0.2, 0) is 6.42 Å². The Labute approximate surface area is 148 Å². The summed E-state index contributed by atoms with van der Waals surface area (Å²) in [5.74, 6) is 4.25. The van der Waals surface area contributed by atoms with E-state index in [4.69, 9.17) is 5.73 Å². The van der Waals surface area contributed by atoms with E-state index in [1.165, 1.54) is 12.1 Å². The highest BCUT2D eigenvalue weighted by Gasteiger charge is 2.14. The lowest BCUT2D eigenvalue weighted by molar-refractivity contribution is 0.143. The molecule has 2 rings (SSSR count). The summed E-state index contributed by atoms with van der Waals surface area (Å²) in [6.07, 6.45) is 1.79. The van der Waals surface area contributed by atoms with Crippen LogP contribution in [0.25, 0.3) is 0 Å². The zero-order chi connectivity index (χ0) is 17.9. The first-order valence-electron chi connectivity index (χ1n) is 7.25. The van der Waals surface area contributed by atoms with Gasteiger partial charge in [-0.25, -0.2) is 8.78 Å². The second-order valence-electron chi connectivity index (χ2n) is 5.99. The molecule has 0 aliphatic rings. The van der Waals surface area contributed by atoms with E-state index in [2.05, 4.69) is 32.8 Å². The number of aliphatic hydroxyl groups is 1. The van der Waals surface area contributed by atoms with Crippen LogP contribution in [0, 0.1) is 23.5 Å². The lowest BCUT2D eigenvalue weighted by Gasteiger charge is -2.13. The van der Waals surface area contributed by atoms with Crippen molar-refractivity contribution < 1.29 is 13.9 Å². The van der Waals surface area contributed by atoms with Crippen molar-refractivity contribution in [3.63, 3.8) is 0 Å². The highest BCUT2D eigenvalue weighted by Crippen LogP contribution is 2.24. The normalized spacial score (nSPS) is 12.5. The monoisotopic (exact) mass is 394 g/mol. The Hall–Kier alpha value is -1.81. The summed E-state index contributed by atoms with van der Waals surface area (Å²) in [5.41, 5.74) is 6.66. The maximum Gasteiger partial charge on any atom is 0.126 e. The lowest BCUT2D eigenvalue weighted by Crippen LogP contribution is -2.16. The minimum absolute atomic E-state index is 0.245. The van der Waals surface area contributed by atoms with Gasteiger partial charge in [-0.2, -0.15) is 0 Å². The van der Waals surface area contributed by atoms with Gasteiger partial charge >= 0.3 is 0 Å². The van der Waals surface area contributed by atoms with Crippen LogP contribution in [0.1, 0.15) is 36.7 Å². The summed E-state index contributed by atoms with van der Waals surface area (Å²) in [6.45, 7) is 3.18. The Balaban J connectivity index is 2.20. The molecular formula is C18H17BrF2N2O. The van der Waals surface area contributed by atoms with Crippen molar-refractivity contribution in [2.75, 3.05) is 0 Å². The Kier molecular flexibility index (Phi) is 5.70. The van der Waals surface area contributed by atoms with Crippen molar-refractivity contribution >= 4 is 15.9 Å². The molecule has 3 N–H and O–H groups in total. The Morgan fingerprint density at radius 1 is 1.25 bits per heavy atom. The molecule has 3 nitrogen and oxygen atoms in total. The molecule has 0 radical (unpaired) electrons. The molecule has 1 atom stereocenters. The van der Waals surface area contributed by atoms with Crippen LogP contribution in [0.3, 0.4) is 0 Å². The van der Waals surface area contributed by atoms with Gasteiger partial charge in [0.25, 0.3) is 0 Å². The van der Waals surface area contributed by atoms with E-state index in [0.717, 1.165) is 6.07 Å². The third kappa shape index (κ3) is 5.38. The van der Waals surface area contributed by atoms with Gasteiger partial charge in [-0.05, 0) is 60.0 Å². The molecule has 0 aliphatic carbocycles. The number of halogens is 3. The summed E-state index contributed by atoms with van der Waals surface area (Å²) in [5, 5.41) is 9.61. The van der Waals surface area contributed by atoms with Gasteiger partial charge in [0.15, 0.2) is 0 Å². The van der Waals surface area contributed by atoms with E-state index in [-0.39, 0.29) is 6.42 Å². The maximum atomic E-state index is 13.3. The van der Waals surface area contributed by atoms with Crippen LogP contribution < -0.4 is 5.73 Å². The van der Waals surface area contributed by atoms with E-state index in [1.807, 2.05) is 0 Å². The van der Waals surface area contributed by atoms with Gasteiger partial charge < -0.3 is 10.8 Å². The second kappa shape index (κ2) is 7.39. The Morgan fingerprint density at radius 3 is 2.42 bits per heavy atom. The van der Waals surface area contributed by atoms with Gasteiger partial charge in [0.1, 0.15) is 17.2 Å². The fraction of sp³-hybridized carbons (Fsp3) is 0.278. The first-order valence-corrected chi connectivity index (χ1v) is 8.05. The smallest absolute Gasteiger partial charge is 0.126 e. The van der Waals surface area contributed by atoms with Crippen LogP contribution in [0.5, 0.6) is 0 Å². The average molecular weight is 395 g/mol. The zero-order valence-electron chi connectivity index (χ0n) is 13.3. The van der Waals surface area contributed by atoms with Crippen LogP contribution in [0.2, 0.25) is 0 Å². The molecule has 0 spiro atoms. The maximum absolute atomic E-state index is 13.3. The summed E-state index contributed by atoms with van der Waals surface area (Å²) < 4.78 is 27.2. The van der Waals surface area contributed by atoms with E-state index >= 15 is 0 Å². The van der Waals surface area contributed by atoms with Gasteiger partial charge in [0.2, 0.25) is 0 Å². The van der Waals surface area contributed by atoms with E-state index < -0.39 is 23.3 Å². The molecule has 0 saturated heterocycles. The topological polar surface area (TPSA) is 59.1 Å².